The number of rotatable bonds is 15. The fourth-order valence-electron chi connectivity index (χ4n) is 2.16. The molecule has 10 heteroatoms. The van der Waals surface area contributed by atoms with Crippen molar-refractivity contribution < 1.29 is 24.5 Å². The van der Waals surface area contributed by atoms with Gasteiger partial charge in [-0.05, 0) is 25.7 Å². The Labute approximate surface area is 152 Å². The largest absolute Gasteiger partial charge is 0.481 e. The van der Waals surface area contributed by atoms with Gasteiger partial charge in [-0.1, -0.05) is 12.8 Å². The lowest BCUT2D eigenvalue weighted by molar-refractivity contribution is -0.138. The first-order valence-corrected chi connectivity index (χ1v) is 8.72. The average Bonchev–Trinajstić information content (AvgIpc) is 2.60. The number of methoxy groups -OCH3 is 1. The van der Waals surface area contributed by atoms with Gasteiger partial charge in [0, 0.05) is 25.9 Å². The number of hydrogen-bond acceptors (Lipinski definition) is 8. The molecule has 0 unspecified atom stereocenters. The molecule has 0 aliphatic carbocycles. The normalized spacial score (nSPS) is 10.3. The first kappa shape index (κ1) is 21.4. The summed E-state index contributed by atoms with van der Waals surface area (Å²) in [5, 5.41) is 23.3. The van der Waals surface area contributed by atoms with E-state index < -0.39 is 11.9 Å². The maximum atomic E-state index is 10.4. The number of unbranched alkanes of at least 4 members (excludes halogenated alkanes) is 4. The Kier molecular flexibility index (Phi) is 10.4. The lowest BCUT2D eigenvalue weighted by Crippen LogP contribution is -2.12. The summed E-state index contributed by atoms with van der Waals surface area (Å²) in [5.41, 5.74) is 0. The van der Waals surface area contributed by atoms with Gasteiger partial charge in [0.15, 0.2) is 0 Å². The van der Waals surface area contributed by atoms with Gasteiger partial charge >= 0.3 is 17.9 Å². The van der Waals surface area contributed by atoms with Gasteiger partial charge in [-0.25, -0.2) is 0 Å². The predicted octanol–water partition coefficient (Wildman–Crippen LogP) is 1.99. The third-order valence-electron chi connectivity index (χ3n) is 3.50. The van der Waals surface area contributed by atoms with E-state index in [0.717, 1.165) is 25.7 Å². The van der Waals surface area contributed by atoms with Gasteiger partial charge in [0.25, 0.3) is 0 Å². The van der Waals surface area contributed by atoms with E-state index in [1.807, 2.05) is 0 Å². The van der Waals surface area contributed by atoms with Crippen LogP contribution >= 0.6 is 0 Å². The molecule has 0 aliphatic heterocycles. The zero-order chi connectivity index (χ0) is 19.2. The fourth-order valence-corrected chi connectivity index (χ4v) is 2.16. The van der Waals surface area contributed by atoms with Crippen molar-refractivity contribution >= 4 is 23.8 Å². The zero-order valence-corrected chi connectivity index (χ0v) is 15.0. The van der Waals surface area contributed by atoms with Gasteiger partial charge in [-0.3, -0.25) is 9.59 Å². The van der Waals surface area contributed by atoms with E-state index in [2.05, 4.69) is 25.6 Å². The van der Waals surface area contributed by atoms with Crippen LogP contribution in [0.2, 0.25) is 0 Å². The van der Waals surface area contributed by atoms with Crippen molar-refractivity contribution in [2.75, 3.05) is 30.8 Å². The summed E-state index contributed by atoms with van der Waals surface area (Å²) in [6.07, 6.45) is 4.89. The molecule has 1 heterocycles. The second-order valence-electron chi connectivity index (χ2n) is 5.73. The molecule has 1 aromatic heterocycles. The molecule has 0 saturated carbocycles. The molecule has 0 saturated heterocycles. The molecule has 1 rings (SSSR count). The first-order chi connectivity index (χ1) is 12.5. The summed E-state index contributed by atoms with van der Waals surface area (Å²) >= 11 is 0. The van der Waals surface area contributed by atoms with E-state index >= 15 is 0 Å². The van der Waals surface area contributed by atoms with Crippen LogP contribution in [0.3, 0.4) is 0 Å². The highest BCUT2D eigenvalue weighted by Gasteiger charge is 2.06. The van der Waals surface area contributed by atoms with Crippen LogP contribution in [0.1, 0.15) is 51.4 Å². The van der Waals surface area contributed by atoms with Crippen LogP contribution in [0.4, 0.5) is 11.9 Å². The van der Waals surface area contributed by atoms with Gasteiger partial charge in [0.2, 0.25) is 11.9 Å². The quantitative estimate of drug-likeness (QED) is 0.338. The Morgan fingerprint density at radius 2 is 1.27 bits per heavy atom. The van der Waals surface area contributed by atoms with Crippen molar-refractivity contribution in [3.05, 3.63) is 0 Å². The third kappa shape index (κ3) is 10.3. The van der Waals surface area contributed by atoms with Crippen molar-refractivity contribution in [3.8, 4) is 6.01 Å². The maximum Gasteiger partial charge on any atom is 0.322 e. The Morgan fingerprint density at radius 1 is 0.808 bits per heavy atom. The summed E-state index contributed by atoms with van der Waals surface area (Å²) < 4.78 is 5.07. The van der Waals surface area contributed by atoms with E-state index in [0.29, 0.717) is 37.8 Å². The number of anilines is 2. The second kappa shape index (κ2) is 12.7. The topological polar surface area (TPSA) is 147 Å². The molecule has 4 N–H and O–H groups in total. The van der Waals surface area contributed by atoms with Crippen molar-refractivity contribution in [1.82, 2.24) is 15.0 Å². The van der Waals surface area contributed by atoms with Crippen molar-refractivity contribution in [2.45, 2.75) is 51.4 Å². The van der Waals surface area contributed by atoms with Crippen LogP contribution in [0.25, 0.3) is 0 Å². The molecule has 1 aromatic rings. The monoisotopic (exact) mass is 369 g/mol. The van der Waals surface area contributed by atoms with Crippen LogP contribution < -0.4 is 15.4 Å². The molecule has 26 heavy (non-hydrogen) atoms. The van der Waals surface area contributed by atoms with E-state index in [4.69, 9.17) is 14.9 Å². The van der Waals surface area contributed by atoms with Crippen molar-refractivity contribution in [3.63, 3.8) is 0 Å². The van der Waals surface area contributed by atoms with E-state index in [9.17, 15) is 9.59 Å². The first-order valence-electron chi connectivity index (χ1n) is 8.72. The molecule has 0 spiro atoms. The van der Waals surface area contributed by atoms with Gasteiger partial charge in [0.05, 0.1) is 7.11 Å². The predicted molar refractivity (Wildman–Crippen MR) is 95.6 cm³/mol. The van der Waals surface area contributed by atoms with Crippen molar-refractivity contribution in [2.24, 2.45) is 0 Å². The maximum absolute atomic E-state index is 10.4. The Hall–Kier alpha value is -2.65. The van der Waals surface area contributed by atoms with Crippen LogP contribution in [0.5, 0.6) is 6.01 Å². The van der Waals surface area contributed by atoms with Gasteiger partial charge < -0.3 is 25.6 Å². The number of aromatic nitrogens is 3. The zero-order valence-electron chi connectivity index (χ0n) is 15.0. The number of carboxylic acids is 2. The highest BCUT2D eigenvalue weighted by molar-refractivity contribution is 5.66. The molecule has 0 radical (unpaired) electrons. The van der Waals surface area contributed by atoms with Crippen LogP contribution in [-0.4, -0.2) is 57.3 Å². The summed E-state index contributed by atoms with van der Waals surface area (Å²) in [6, 6.07) is 0.196. The molecule has 0 fully saturated rings. The second-order valence-corrected chi connectivity index (χ2v) is 5.73. The molecule has 0 atom stereocenters. The lowest BCUT2D eigenvalue weighted by Gasteiger charge is -2.09. The Balaban J connectivity index is 2.34. The number of carboxylic acid groups (broad SMARTS) is 2. The minimum absolute atomic E-state index is 0.181. The number of aliphatic carboxylic acids is 2. The number of nitrogens with zero attached hydrogens (tertiary/aromatic N) is 3. The highest BCUT2D eigenvalue weighted by Crippen LogP contribution is 2.11. The molecule has 0 aliphatic rings. The van der Waals surface area contributed by atoms with Crippen LogP contribution in [0.15, 0.2) is 0 Å². The minimum atomic E-state index is -0.779. The Bertz CT molecular complexity index is 526. The molecule has 146 valence electrons. The standard InChI is InChI=1S/C16H27N5O5/c1-26-16-20-14(17-10-6-2-4-8-12(22)23)19-15(21-16)18-11-7-3-5-9-13(24)25/h2-11H2,1H3,(H,22,23)(H,24,25)(H2,17,18,19,20,21). The van der Waals surface area contributed by atoms with Crippen molar-refractivity contribution in [1.29, 1.82) is 0 Å². The van der Waals surface area contributed by atoms with Gasteiger partial charge in [-0.15, -0.1) is 0 Å². The highest BCUT2D eigenvalue weighted by atomic mass is 16.5. The van der Waals surface area contributed by atoms with Crippen LogP contribution in [0, 0.1) is 0 Å². The summed E-state index contributed by atoms with van der Waals surface area (Å²) in [7, 11) is 1.47. The van der Waals surface area contributed by atoms with E-state index in [-0.39, 0.29) is 18.9 Å². The van der Waals surface area contributed by atoms with Gasteiger partial charge in [-0.2, -0.15) is 15.0 Å². The summed E-state index contributed by atoms with van der Waals surface area (Å²) in [4.78, 5) is 33.4. The molecule has 0 bridgehead atoms. The lowest BCUT2D eigenvalue weighted by atomic mass is 10.2. The molecule has 10 nitrogen and oxygen atoms in total. The van der Waals surface area contributed by atoms with E-state index in [1.165, 1.54) is 7.11 Å². The molecular weight excluding hydrogens is 342 g/mol. The number of carbonyl (C=O) groups is 2. The SMILES string of the molecule is COc1nc(NCCCCCC(=O)O)nc(NCCCCCC(=O)O)n1. The Morgan fingerprint density at radius 3 is 1.65 bits per heavy atom. The van der Waals surface area contributed by atoms with Gasteiger partial charge in [0.1, 0.15) is 0 Å². The number of nitrogens with one attached hydrogen (secondary N) is 2. The molecule has 0 aromatic carbocycles. The summed E-state index contributed by atoms with van der Waals surface area (Å²) in [5.74, 6) is -0.774. The summed E-state index contributed by atoms with van der Waals surface area (Å²) in [6.45, 7) is 1.25. The minimum Gasteiger partial charge on any atom is -0.481 e. The fraction of sp³-hybridized carbons (Fsp3) is 0.688. The molecule has 0 amide bonds. The number of hydrogen-bond donors (Lipinski definition) is 4. The average molecular weight is 369 g/mol. The van der Waals surface area contributed by atoms with Crippen LogP contribution in [-0.2, 0) is 9.59 Å². The smallest absolute Gasteiger partial charge is 0.322 e. The third-order valence-corrected chi connectivity index (χ3v) is 3.50. The van der Waals surface area contributed by atoms with E-state index in [1.54, 1.807) is 0 Å². The molecular formula is C16H27N5O5. The number of ether oxygens (including phenoxy) is 1.